The van der Waals surface area contributed by atoms with Crippen molar-refractivity contribution in [2.45, 2.75) is 6.36 Å². The van der Waals surface area contributed by atoms with Gasteiger partial charge in [0.25, 0.3) is 5.91 Å². The number of nitrogens with zero attached hydrogens (tertiary/aromatic N) is 2. The lowest BCUT2D eigenvalue weighted by molar-refractivity contribution is -0.274. The van der Waals surface area contributed by atoms with E-state index in [0.29, 0.717) is 0 Å². The van der Waals surface area contributed by atoms with Crippen LogP contribution in [0.15, 0.2) is 70.4 Å². The molecule has 156 valence electrons. The molecule has 1 heterocycles. The molecule has 0 atom stereocenters. The highest BCUT2D eigenvalue weighted by atomic mass is 79.9. The molecule has 0 radical (unpaired) electrons. The molecule has 2 aromatic carbocycles. The van der Waals surface area contributed by atoms with Gasteiger partial charge < -0.3 is 14.7 Å². The average Bonchev–Trinajstić information content (AvgIpc) is 2.67. The first kappa shape index (κ1) is 21.4. The van der Waals surface area contributed by atoms with Gasteiger partial charge in [0.1, 0.15) is 22.8 Å². The number of amides is 1. The topological polar surface area (TPSA) is 73.1 Å². The number of benzene rings is 2. The normalized spacial score (nSPS) is 11.1. The molecular formula is C19H11BrF4N2O4. The molecule has 1 amide bonds. The lowest BCUT2D eigenvalue weighted by Crippen LogP contribution is -2.16. The summed E-state index contributed by atoms with van der Waals surface area (Å²) in [4.78, 5) is 16.4. The van der Waals surface area contributed by atoms with Crippen LogP contribution in [0.5, 0.6) is 17.2 Å². The number of aromatic nitrogens is 1. The van der Waals surface area contributed by atoms with Gasteiger partial charge in [-0.3, -0.25) is 4.79 Å². The van der Waals surface area contributed by atoms with Crippen molar-refractivity contribution in [3.63, 3.8) is 0 Å². The monoisotopic (exact) mass is 486 g/mol. The van der Waals surface area contributed by atoms with Gasteiger partial charge in [-0.2, -0.15) is 0 Å². The van der Waals surface area contributed by atoms with Crippen LogP contribution in [0, 0.1) is 5.82 Å². The van der Waals surface area contributed by atoms with Crippen LogP contribution in [-0.2, 0) is 0 Å². The summed E-state index contributed by atoms with van der Waals surface area (Å²) in [6.45, 7) is 0. The maximum atomic E-state index is 14.6. The number of alkyl halides is 3. The third-order valence-electron chi connectivity index (χ3n) is 3.58. The lowest BCUT2D eigenvalue weighted by atomic mass is 10.1. The Hall–Kier alpha value is -3.34. The summed E-state index contributed by atoms with van der Waals surface area (Å²) >= 11 is 2.98. The van der Waals surface area contributed by atoms with Gasteiger partial charge in [0.15, 0.2) is 5.82 Å². The summed E-state index contributed by atoms with van der Waals surface area (Å²) in [7, 11) is 0. The lowest BCUT2D eigenvalue weighted by Gasteiger charge is -2.12. The second-order valence-corrected chi connectivity index (χ2v) is 6.56. The number of carbonyl (C=O) groups is 1. The summed E-state index contributed by atoms with van der Waals surface area (Å²) in [6.07, 6.45) is -2.39. The summed E-state index contributed by atoms with van der Waals surface area (Å²) < 4.78 is 61.4. The van der Waals surface area contributed by atoms with Crippen LogP contribution in [-0.4, -0.2) is 22.2 Å². The Labute approximate surface area is 174 Å². The highest BCUT2D eigenvalue weighted by molar-refractivity contribution is 9.10. The van der Waals surface area contributed by atoms with Crippen molar-refractivity contribution in [2.24, 2.45) is 4.99 Å². The minimum absolute atomic E-state index is 0.0106. The van der Waals surface area contributed by atoms with E-state index in [1.165, 1.54) is 48.8 Å². The first-order chi connectivity index (χ1) is 14.1. The fourth-order valence-electron chi connectivity index (χ4n) is 2.31. The van der Waals surface area contributed by atoms with Crippen molar-refractivity contribution in [1.82, 2.24) is 4.73 Å². The minimum Gasteiger partial charge on any atom is -0.456 e. The van der Waals surface area contributed by atoms with Crippen LogP contribution in [0.2, 0.25) is 0 Å². The van der Waals surface area contributed by atoms with E-state index in [-0.39, 0.29) is 21.3 Å². The standard InChI is InChI=1S/C19H11BrF4N2O4/c20-14-5-6-15(29-12-1-3-13(4-2-12)30-19(22,23)24)16(17(14)21)18(27)25-11-7-9-26(28)10-8-11/h1-10,28H. The molecule has 11 heteroatoms. The predicted octanol–water partition coefficient (Wildman–Crippen LogP) is 5.06. The number of hydrogen-bond acceptors (Lipinski definition) is 4. The van der Waals surface area contributed by atoms with Gasteiger partial charge in [0, 0.05) is 12.4 Å². The molecule has 0 aliphatic carbocycles. The van der Waals surface area contributed by atoms with Crippen molar-refractivity contribution in [3.05, 3.63) is 82.1 Å². The van der Waals surface area contributed by atoms with Gasteiger partial charge in [-0.05, 0) is 64.5 Å². The maximum Gasteiger partial charge on any atom is 0.573 e. The molecule has 0 bridgehead atoms. The van der Waals surface area contributed by atoms with Crippen LogP contribution in [0.3, 0.4) is 0 Å². The molecule has 3 rings (SSSR count). The van der Waals surface area contributed by atoms with Gasteiger partial charge in [-0.25, -0.2) is 14.1 Å². The molecule has 0 aliphatic heterocycles. The third kappa shape index (κ3) is 5.38. The van der Waals surface area contributed by atoms with Crippen molar-refractivity contribution < 1.29 is 37.0 Å². The van der Waals surface area contributed by atoms with E-state index in [1.54, 1.807) is 0 Å². The first-order valence-corrected chi connectivity index (χ1v) is 8.90. The van der Waals surface area contributed by atoms with Crippen LogP contribution >= 0.6 is 15.9 Å². The van der Waals surface area contributed by atoms with E-state index >= 15 is 0 Å². The fraction of sp³-hybridized carbons (Fsp3) is 0.0526. The van der Waals surface area contributed by atoms with Gasteiger partial charge >= 0.3 is 6.36 Å². The summed E-state index contributed by atoms with van der Waals surface area (Å²) in [5, 5.41) is 9.37. The van der Waals surface area contributed by atoms with Crippen LogP contribution < -0.4 is 14.8 Å². The number of hydrogen-bond donors (Lipinski definition) is 1. The summed E-state index contributed by atoms with van der Waals surface area (Å²) in [5.74, 6) is -2.50. The van der Waals surface area contributed by atoms with Gasteiger partial charge in [-0.15, -0.1) is 13.2 Å². The molecule has 1 aromatic heterocycles. The molecule has 0 fully saturated rings. The molecule has 0 aliphatic rings. The largest absolute Gasteiger partial charge is 0.573 e. The van der Waals surface area contributed by atoms with Crippen molar-refractivity contribution in [3.8, 4) is 17.2 Å². The number of pyridine rings is 1. The number of rotatable bonds is 4. The molecule has 6 nitrogen and oxygen atoms in total. The van der Waals surface area contributed by atoms with E-state index in [9.17, 15) is 27.6 Å². The average molecular weight is 487 g/mol. The Morgan fingerprint density at radius 3 is 2.20 bits per heavy atom. The van der Waals surface area contributed by atoms with Crippen LogP contribution in [0.1, 0.15) is 10.4 Å². The van der Waals surface area contributed by atoms with E-state index in [2.05, 4.69) is 25.7 Å². The molecule has 0 saturated carbocycles. The second-order valence-electron chi connectivity index (χ2n) is 5.71. The Morgan fingerprint density at radius 1 is 1.00 bits per heavy atom. The Balaban J connectivity index is 1.92. The van der Waals surface area contributed by atoms with E-state index in [4.69, 9.17) is 4.74 Å². The molecular weight excluding hydrogens is 476 g/mol. The van der Waals surface area contributed by atoms with Gasteiger partial charge in [0.05, 0.1) is 9.83 Å². The molecule has 0 unspecified atom stereocenters. The quantitative estimate of drug-likeness (QED) is 0.413. The number of carbonyl (C=O) groups excluding carboxylic acids is 1. The summed E-state index contributed by atoms with van der Waals surface area (Å²) in [6, 6.07) is 9.63. The van der Waals surface area contributed by atoms with Gasteiger partial charge in [0.2, 0.25) is 0 Å². The molecule has 0 spiro atoms. The third-order valence-corrected chi connectivity index (χ3v) is 4.19. The van der Waals surface area contributed by atoms with E-state index in [0.717, 1.165) is 16.9 Å². The Bertz CT molecular complexity index is 1120. The number of ether oxygens (including phenoxy) is 2. The van der Waals surface area contributed by atoms with Crippen molar-refractivity contribution >= 4 is 21.8 Å². The zero-order chi connectivity index (χ0) is 21.9. The SMILES string of the molecule is O=C(N=c1ccn(O)cc1)c1c(Oc2ccc(OC(F)(F)F)cc2)ccc(Br)c1F. The van der Waals surface area contributed by atoms with Crippen LogP contribution in [0.4, 0.5) is 17.6 Å². The van der Waals surface area contributed by atoms with E-state index < -0.39 is 29.4 Å². The van der Waals surface area contributed by atoms with Crippen molar-refractivity contribution in [2.75, 3.05) is 0 Å². The first-order valence-electron chi connectivity index (χ1n) is 8.11. The smallest absolute Gasteiger partial charge is 0.456 e. The number of halogens is 5. The fourth-order valence-corrected chi connectivity index (χ4v) is 2.64. The van der Waals surface area contributed by atoms with E-state index in [1.807, 2.05) is 0 Å². The predicted molar refractivity (Wildman–Crippen MR) is 98.8 cm³/mol. The molecule has 3 aromatic rings. The molecule has 0 saturated heterocycles. The minimum atomic E-state index is -4.84. The zero-order valence-electron chi connectivity index (χ0n) is 14.7. The molecule has 1 N–H and O–H groups in total. The maximum absolute atomic E-state index is 14.6. The zero-order valence-corrected chi connectivity index (χ0v) is 16.3. The molecule has 30 heavy (non-hydrogen) atoms. The second kappa shape index (κ2) is 8.57. The summed E-state index contributed by atoms with van der Waals surface area (Å²) in [5.41, 5.74) is -0.485. The highest BCUT2D eigenvalue weighted by Crippen LogP contribution is 2.33. The van der Waals surface area contributed by atoms with Gasteiger partial charge in [-0.1, -0.05) is 0 Å². The Kier molecular flexibility index (Phi) is 6.11. The Morgan fingerprint density at radius 2 is 1.60 bits per heavy atom. The van der Waals surface area contributed by atoms with Crippen molar-refractivity contribution in [1.29, 1.82) is 0 Å². The highest BCUT2D eigenvalue weighted by Gasteiger charge is 2.31. The van der Waals surface area contributed by atoms with Crippen LogP contribution in [0.25, 0.3) is 0 Å².